The van der Waals surface area contributed by atoms with Gasteiger partial charge in [0.2, 0.25) is 0 Å². The molecule has 4 aromatic rings. The van der Waals surface area contributed by atoms with E-state index >= 15 is 0 Å². The number of rotatable bonds is 3. The highest BCUT2D eigenvalue weighted by molar-refractivity contribution is 7.99. The van der Waals surface area contributed by atoms with Crippen molar-refractivity contribution in [3.63, 3.8) is 0 Å². The van der Waals surface area contributed by atoms with Crippen LogP contribution in [0.4, 0.5) is 17.1 Å². The van der Waals surface area contributed by atoms with Crippen molar-refractivity contribution >= 4 is 34.5 Å². The minimum atomic E-state index is 0.192. The van der Waals surface area contributed by atoms with Crippen LogP contribution in [0.5, 0.6) is 0 Å². The van der Waals surface area contributed by atoms with E-state index in [4.69, 9.17) is 5.10 Å². The minimum absolute atomic E-state index is 0.192. The molecule has 0 fully saturated rings. The maximum atomic E-state index is 5.09. The second kappa shape index (κ2) is 7.64. The summed E-state index contributed by atoms with van der Waals surface area (Å²) >= 11 is 1.82. The van der Waals surface area contributed by atoms with Crippen LogP contribution in [0.3, 0.4) is 0 Å². The molecule has 0 aliphatic carbocycles. The molecule has 150 valence electrons. The van der Waals surface area contributed by atoms with Crippen molar-refractivity contribution in [2.24, 2.45) is 5.10 Å². The topological polar surface area (TPSA) is 27.6 Å². The number of benzene rings is 4. The van der Waals surface area contributed by atoms with Gasteiger partial charge in [0.05, 0.1) is 28.8 Å². The zero-order valence-corrected chi connectivity index (χ0v) is 17.7. The maximum Gasteiger partial charge on any atom is 0.0831 e. The highest BCUT2D eigenvalue weighted by Gasteiger charge is 2.30. The van der Waals surface area contributed by atoms with E-state index in [0.717, 1.165) is 23.5 Å². The van der Waals surface area contributed by atoms with Gasteiger partial charge < -0.3 is 5.32 Å². The average Bonchev–Trinajstić information content (AvgIpc) is 3.29. The molecule has 2 heterocycles. The van der Waals surface area contributed by atoms with Crippen molar-refractivity contribution < 1.29 is 0 Å². The van der Waals surface area contributed by atoms with Gasteiger partial charge in [0, 0.05) is 16.2 Å². The van der Waals surface area contributed by atoms with E-state index in [1.807, 2.05) is 17.8 Å². The molecular weight excluding hydrogens is 398 g/mol. The average molecular weight is 420 g/mol. The predicted molar refractivity (Wildman–Crippen MR) is 130 cm³/mol. The van der Waals surface area contributed by atoms with Crippen LogP contribution in [0.2, 0.25) is 0 Å². The quantitative estimate of drug-likeness (QED) is 0.334. The van der Waals surface area contributed by atoms with Gasteiger partial charge in [-0.05, 0) is 47.5 Å². The third-order valence-corrected chi connectivity index (χ3v) is 6.96. The molecule has 0 bridgehead atoms. The van der Waals surface area contributed by atoms with Crippen molar-refractivity contribution in [2.45, 2.75) is 22.3 Å². The molecule has 0 spiro atoms. The molecule has 3 nitrogen and oxygen atoms in total. The van der Waals surface area contributed by atoms with Gasteiger partial charge in [-0.1, -0.05) is 78.5 Å². The molecule has 1 atom stereocenters. The second-order valence-electron chi connectivity index (χ2n) is 7.79. The Labute approximate surface area is 186 Å². The van der Waals surface area contributed by atoms with E-state index in [1.54, 1.807) is 0 Å². The molecule has 0 radical (unpaired) electrons. The molecule has 0 saturated heterocycles. The van der Waals surface area contributed by atoms with Gasteiger partial charge in [-0.15, -0.1) is 0 Å². The Morgan fingerprint density at radius 2 is 1.45 bits per heavy atom. The standard InChI is InChI=1S/C27H21N3S/c1-3-9-19(10-4-1)25-18-23(29-30(25)21-11-5-2-6-12-21)20-15-16-27-24(17-20)28-22-13-7-8-14-26(22)31-27/h1-17,25,28H,18H2. The Morgan fingerprint density at radius 3 is 2.29 bits per heavy atom. The third kappa shape index (κ3) is 3.39. The van der Waals surface area contributed by atoms with Gasteiger partial charge in [-0.2, -0.15) is 5.10 Å². The van der Waals surface area contributed by atoms with E-state index in [9.17, 15) is 0 Å². The van der Waals surface area contributed by atoms with E-state index < -0.39 is 0 Å². The summed E-state index contributed by atoms with van der Waals surface area (Å²) in [5, 5.41) is 10.9. The summed E-state index contributed by atoms with van der Waals surface area (Å²) < 4.78 is 0. The molecule has 2 aliphatic heterocycles. The number of para-hydroxylation sites is 2. The fourth-order valence-electron chi connectivity index (χ4n) is 4.26. The first-order valence-corrected chi connectivity index (χ1v) is 11.3. The highest BCUT2D eigenvalue weighted by atomic mass is 32.2. The third-order valence-electron chi connectivity index (χ3n) is 5.80. The maximum absolute atomic E-state index is 5.09. The second-order valence-corrected chi connectivity index (χ2v) is 8.88. The summed E-state index contributed by atoms with van der Waals surface area (Å²) in [6, 6.07) is 36.4. The zero-order chi connectivity index (χ0) is 20.6. The molecule has 2 aliphatic rings. The molecule has 0 aromatic heterocycles. The minimum Gasteiger partial charge on any atom is -0.354 e. The van der Waals surface area contributed by atoms with Crippen LogP contribution < -0.4 is 10.3 Å². The Kier molecular flexibility index (Phi) is 4.50. The van der Waals surface area contributed by atoms with Crippen molar-refractivity contribution in [3.8, 4) is 0 Å². The van der Waals surface area contributed by atoms with Crippen LogP contribution in [-0.4, -0.2) is 5.71 Å². The lowest BCUT2D eigenvalue weighted by atomic mass is 9.98. The number of hydrazone groups is 1. The van der Waals surface area contributed by atoms with Gasteiger partial charge in [0.1, 0.15) is 0 Å². The van der Waals surface area contributed by atoms with Gasteiger partial charge in [0.25, 0.3) is 0 Å². The molecule has 0 saturated carbocycles. The number of hydrogen-bond acceptors (Lipinski definition) is 4. The van der Waals surface area contributed by atoms with Crippen LogP contribution in [0.15, 0.2) is 118 Å². The van der Waals surface area contributed by atoms with Crippen LogP contribution in [0, 0.1) is 0 Å². The van der Waals surface area contributed by atoms with Crippen LogP contribution in [0.25, 0.3) is 0 Å². The van der Waals surface area contributed by atoms with E-state index in [-0.39, 0.29) is 6.04 Å². The molecule has 31 heavy (non-hydrogen) atoms. The number of nitrogens with one attached hydrogen (secondary N) is 1. The number of nitrogens with zero attached hydrogens (tertiary/aromatic N) is 2. The van der Waals surface area contributed by atoms with Gasteiger partial charge >= 0.3 is 0 Å². The lowest BCUT2D eigenvalue weighted by molar-refractivity contribution is 0.709. The van der Waals surface area contributed by atoms with Gasteiger partial charge in [0.15, 0.2) is 0 Å². The van der Waals surface area contributed by atoms with E-state index in [0.29, 0.717) is 0 Å². The van der Waals surface area contributed by atoms with Crippen molar-refractivity contribution in [2.75, 3.05) is 10.3 Å². The van der Waals surface area contributed by atoms with Gasteiger partial charge in [-0.3, -0.25) is 5.01 Å². The summed E-state index contributed by atoms with van der Waals surface area (Å²) in [7, 11) is 0. The predicted octanol–water partition coefficient (Wildman–Crippen LogP) is 7.25. The normalized spacial score (nSPS) is 16.8. The highest BCUT2D eigenvalue weighted by Crippen LogP contribution is 2.45. The molecule has 1 unspecified atom stereocenters. The number of hydrogen-bond donors (Lipinski definition) is 1. The summed E-state index contributed by atoms with van der Waals surface area (Å²) in [5.74, 6) is 0. The van der Waals surface area contributed by atoms with Crippen molar-refractivity contribution in [1.29, 1.82) is 0 Å². The van der Waals surface area contributed by atoms with Gasteiger partial charge in [-0.25, -0.2) is 0 Å². The Balaban J connectivity index is 1.37. The Bertz CT molecular complexity index is 1270. The van der Waals surface area contributed by atoms with E-state index in [2.05, 4.69) is 107 Å². The molecule has 6 rings (SSSR count). The lowest BCUT2D eigenvalue weighted by Crippen LogP contribution is -2.18. The van der Waals surface area contributed by atoms with Crippen molar-refractivity contribution in [3.05, 3.63) is 114 Å². The van der Waals surface area contributed by atoms with Crippen LogP contribution in [-0.2, 0) is 0 Å². The molecule has 4 aromatic carbocycles. The molecule has 4 heteroatoms. The summed E-state index contributed by atoms with van der Waals surface area (Å²) in [5.41, 5.74) is 7.01. The first kappa shape index (κ1) is 18.3. The fourth-order valence-corrected chi connectivity index (χ4v) is 5.23. The largest absolute Gasteiger partial charge is 0.354 e. The molecule has 0 amide bonds. The molecule has 1 N–H and O–H groups in total. The van der Waals surface area contributed by atoms with Crippen molar-refractivity contribution in [1.82, 2.24) is 0 Å². The summed E-state index contributed by atoms with van der Waals surface area (Å²) in [6.45, 7) is 0. The van der Waals surface area contributed by atoms with Crippen LogP contribution >= 0.6 is 11.8 Å². The number of anilines is 3. The summed E-state index contributed by atoms with van der Waals surface area (Å²) in [4.78, 5) is 2.51. The zero-order valence-electron chi connectivity index (χ0n) is 16.9. The first-order chi connectivity index (χ1) is 15.3. The first-order valence-electron chi connectivity index (χ1n) is 10.5. The Hall–Kier alpha value is -3.50. The Morgan fingerprint density at radius 1 is 0.742 bits per heavy atom. The number of fused-ring (bicyclic) bond motifs is 2. The van der Waals surface area contributed by atoms with E-state index in [1.165, 1.54) is 26.6 Å². The van der Waals surface area contributed by atoms with Crippen LogP contribution in [0.1, 0.15) is 23.6 Å². The summed E-state index contributed by atoms with van der Waals surface area (Å²) in [6.07, 6.45) is 0.876. The molecular formula is C27H21N3S. The smallest absolute Gasteiger partial charge is 0.0831 e. The fraction of sp³-hybridized carbons (Fsp3) is 0.0741. The lowest BCUT2D eigenvalue weighted by Gasteiger charge is -2.23. The SMILES string of the molecule is c1ccc(C2CC(c3ccc4c(c3)Nc3ccccc3S4)=NN2c2ccccc2)cc1. The monoisotopic (exact) mass is 419 g/mol.